The Balaban J connectivity index is 1.76. The Kier molecular flexibility index (Phi) is 3.21. The Bertz CT molecular complexity index is 583. The van der Waals surface area contributed by atoms with Gasteiger partial charge < -0.3 is 4.74 Å². The van der Waals surface area contributed by atoms with E-state index in [1.54, 1.807) is 18.1 Å². The quantitative estimate of drug-likeness (QED) is 0.844. The van der Waals surface area contributed by atoms with Crippen molar-refractivity contribution in [2.24, 2.45) is 5.92 Å². The van der Waals surface area contributed by atoms with Crippen LogP contribution in [0.1, 0.15) is 5.56 Å². The first-order chi connectivity index (χ1) is 9.25. The number of anilines is 1. The van der Waals surface area contributed by atoms with Crippen molar-refractivity contribution in [3.63, 3.8) is 0 Å². The molecule has 2 aromatic rings. The lowest BCUT2D eigenvalue weighted by Crippen LogP contribution is -2.38. The van der Waals surface area contributed by atoms with Crippen LogP contribution in [0.5, 0.6) is 5.75 Å². The van der Waals surface area contributed by atoms with Crippen molar-refractivity contribution >= 4 is 22.4 Å². The third kappa shape index (κ3) is 2.33. The van der Waals surface area contributed by atoms with E-state index in [0.717, 1.165) is 22.9 Å². The fourth-order valence-corrected chi connectivity index (χ4v) is 2.85. The molecule has 0 spiro atoms. The summed E-state index contributed by atoms with van der Waals surface area (Å²) in [7, 11) is 1.77. The van der Waals surface area contributed by atoms with Gasteiger partial charge in [0.05, 0.1) is 5.92 Å². The SMILES string of the molecule is CN(C(=O)[C@@H]1COc2ccccc2C1)c1nccs1. The van der Waals surface area contributed by atoms with Crippen LogP contribution in [0, 0.1) is 5.92 Å². The highest BCUT2D eigenvalue weighted by molar-refractivity contribution is 7.13. The molecule has 0 aliphatic carbocycles. The zero-order chi connectivity index (χ0) is 13.2. The molecule has 0 unspecified atom stereocenters. The van der Waals surface area contributed by atoms with Crippen LogP contribution < -0.4 is 9.64 Å². The van der Waals surface area contributed by atoms with Gasteiger partial charge in [0.25, 0.3) is 0 Å². The molecule has 0 radical (unpaired) electrons. The minimum atomic E-state index is -0.135. The predicted molar refractivity (Wildman–Crippen MR) is 74.7 cm³/mol. The summed E-state index contributed by atoms with van der Waals surface area (Å²) < 4.78 is 5.66. The molecule has 2 heterocycles. The van der Waals surface area contributed by atoms with Gasteiger partial charge in [0, 0.05) is 18.6 Å². The van der Waals surface area contributed by atoms with Gasteiger partial charge in [-0.05, 0) is 18.1 Å². The van der Waals surface area contributed by atoms with E-state index in [0.29, 0.717) is 6.61 Å². The number of hydrogen-bond donors (Lipinski definition) is 0. The molecule has 3 rings (SSSR count). The summed E-state index contributed by atoms with van der Waals surface area (Å²) in [4.78, 5) is 18.2. The first kappa shape index (κ1) is 12.2. The molecule has 5 heteroatoms. The Morgan fingerprint density at radius 2 is 2.32 bits per heavy atom. The second kappa shape index (κ2) is 5.01. The number of ether oxygens (including phenoxy) is 1. The molecule has 1 atom stereocenters. The number of carbonyl (C=O) groups is 1. The maximum atomic E-state index is 12.4. The first-order valence-electron chi connectivity index (χ1n) is 6.13. The van der Waals surface area contributed by atoms with E-state index >= 15 is 0 Å². The summed E-state index contributed by atoms with van der Waals surface area (Å²) in [6.07, 6.45) is 2.43. The molecule has 0 saturated heterocycles. The molecule has 1 amide bonds. The largest absolute Gasteiger partial charge is 0.492 e. The Morgan fingerprint density at radius 3 is 3.11 bits per heavy atom. The molecule has 0 N–H and O–H groups in total. The summed E-state index contributed by atoms with van der Waals surface area (Å²) in [6, 6.07) is 7.88. The number of aromatic nitrogens is 1. The molecular formula is C14H14N2O2S. The van der Waals surface area contributed by atoms with Crippen molar-refractivity contribution in [1.29, 1.82) is 0 Å². The maximum Gasteiger partial charge on any atom is 0.235 e. The molecule has 0 saturated carbocycles. The zero-order valence-electron chi connectivity index (χ0n) is 10.6. The fourth-order valence-electron chi connectivity index (χ4n) is 2.24. The number of benzene rings is 1. The minimum Gasteiger partial charge on any atom is -0.492 e. The highest BCUT2D eigenvalue weighted by Crippen LogP contribution is 2.28. The molecule has 4 nitrogen and oxygen atoms in total. The normalized spacial score (nSPS) is 17.4. The van der Waals surface area contributed by atoms with Crippen molar-refractivity contribution in [1.82, 2.24) is 4.98 Å². The smallest absolute Gasteiger partial charge is 0.235 e. The van der Waals surface area contributed by atoms with Crippen LogP contribution in [0.4, 0.5) is 5.13 Å². The van der Waals surface area contributed by atoms with Crippen molar-refractivity contribution in [3.8, 4) is 5.75 Å². The van der Waals surface area contributed by atoms with Crippen LogP contribution in [0.15, 0.2) is 35.8 Å². The van der Waals surface area contributed by atoms with E-state index in [1.165, 1.54) is 11.3 Å². The highest BCUT2D eigenvalue weighted by atomic mass is 32.1. The third-order valence-electron chi connectivity index (χ3n) is 3.26. The van der Waals surface area contributed by atoms with Gasteiger partial charge in [-0.15, -0.1) is 11.3 Å². The average Bonchev–Trinajstić information content (AvgIpc) is 2.99. The molecule has 0 bridgehead atoms. The Labute approximate surface area is 115 Å². The number of para-hydroxylation sites is 1. The summed E-state index contributed by atoms with van der Waals surface area (Å²) in [6.45, 7) is 0.436. The maximum absolute atomic E-state index is 12.4. The lowest BCUT2D eigenvalue weighted by molar-refractivity contribution is -0.123. The van der Waals surface area contributed by atoms with Gasteiger partial charge in [-0.3, -0.25) is 9.69 Å². The minimum absolute atomic E-state index is 0.0597. The molecule has 1 aromatic heterocycles. The Hall–Kier alpha value is -1.88. The highest BCUT2D eigenvalue weighted by Gasteiger charge is 2.29. The second-order valence-electron chi connectivity index (χ2n) is 4.53. The molecule has 1 aromatic carbocycles. The number of carbonyl (C=O) groups excluding carboxylic acids is 1. The van der Waals surface area contributed by atoms with Gasteiger partial charge in [0.15, 0.2) is 5.13 Å². The van der Waals surface area contributed by atoms with E-state index in [4.69, 9.17) is 4.74 Å². The lowest BCUT2D eigenvalue weighted by atomic mass is 9.96. The summed E-state index contributed by atoms with van der Waals surface area (Å²) in [5.41, 5.74) is 1.10. The van der Waals surface area contributed by atoms with E-state index < -0.39 is 0 Å². The van der Waals surface area contributed by atoms with Gasteiger partial charge in [-0.1, -0.05) is 18.2 Å². The topological polar surface area (TPSA) is 42.4 Å². The van der Waals surface area contributed by atoms with Crippen LogP contribution in [0.3, 0.4) is 0 Å². The number of amides is 1. The monoisotopic (exact) mass is 274 g/mol. The van der Waals surface area contributed by atoms with Crippen molar-refractivity contribution < 1.29 is 9.53 Å². The van der Waals surface area contributed by atoms with Crippen molar-refractivity contribution in [2.75, 3.05) is 18.6 Å². The Morgan fingerprint density at radius 1 is 1.47 bits per heavy atom. The summed E-state index contributed by atoms with van der Waals surface area (Å²) in [5, 5.41) is 2.59. The summed E-state index contributed by atoms with van der Waals surface area (Å²) in [5.74, 6) is 0.816. The van der Waals surface area contributed by atoms with Crippen LogP contribution >= 0.6 is 11.3 Å². The first-order valence-corrected chi connectivity index (χ1v) is 7.01. The number of rotatable bonds is 2. The molecule has 1 aliphatic rings. The molecule has 0 fully saturated rings. The standard InChI is InChI=1S/C14H14N2O2S/c1-16(14-15-6-7-19-14)13(17)11-8-10-4-2-3-5-12(10)18-9-11/h2-7,11H,8-9H2,1H3/t11-/m0/s1. The zero-order valence-corrected chi connectivity index (χ0v) is 11.4. The molecule has 19 heavy (non-hydrogen) atoms. The van der Waals surface area contributed by atoms with Crippen LogP contribution in [-0.4, -0.2) is 24.5 Å². The fraction of sp³-hybridized carbons (Fsp3) is 0.286. The van der Waals surface area contributed by atoms with Gasteiger partial charge >= 0.3 is 0 Å². The van der Waals surface area contributed by atoms with E-state index in [9.17, 15) is 4.79 Å². The van der Waals surface area contributed by atoms with Gasteiger partial charge in [0.2, 0.25) is 5.91 Å². The summed E-state index contributed by atoms with van der Waals surface area (Å²) >= 11 is 1.46. The van der Waals surface area contributed by atoms with Crippen molar-refractivity contribution in [3.05, 3.63) is 41.4 Å². The number of fused-ring (bicyclic) bond motifs is 1. The molecule has 1 aliphatic heterocycles. The van der Waals surface area contributed by atoms with Crippen LogP contribution in [0.25, 0.3) is 0 Å². The van der Waals surface area contributed by atoms with Crippen LogP contribution in [-0.2, 0) is 11.2 Å². The number of thiazole rings is 1. The van der Waals surface area contributed by atoms with E-state index in [-0.39, 0.29) is 11.8 Å². The predicted octanol–water partition coefficient (Wildman–Crippen LogP) is 2.36. The lowest BCUT2D eigenvalue weighted by Gasteiger charge is -2.27. The number of nitrogens with zero attached hydrogens (tertiary/aromatic N) is 2. The number of hydrogen-bond acceptors (Lipinski definition) is 4. The van der Waals surface area contributed by atoms with E-state index in [2.05, 4.69) is 4.98 Å². The van der Waals surface area contributed by atoms with Gasteiger partial charge in [-0.25, -0.2) is 4.98 Å². The second-order valence-corrected chi connectivity index (χ2v) is 5.40. The van der Waals surface area contributed by atoms with Crippen LogP contribution in [0.2, 0.25) is 0 Å². The van der Waals surface area contributed by atoms with Gasteiger partial charge in [-0.2, -0.15) is 0 Å². The third-order valence-corrected chi connectivity index (χ3v) is 4.11. The van der Waals surface area contributed by atoms with E-state index in [1.807, 2.05) is 29.6 Å². The molecular weight excluding hydrogens is 260 g/mol. The average molecular weight is 274 g/mol. The molecule has 98 valence electrons. The van der Waals surface area contributed by atoms with Gasteiger partial charge in [0.1, 0.15) is 12.4 Å². The van der Waals surface area contributed by atoms with Crippen molar-refractivity contribution in [2.45, 2.75) is 6.42 Å².